The number of hydrogen-bond donors (Lipinski definition) is 0. The molecule has 1 atom stereocenters. The fraction of sp³-hybridized carbons (Fsp3) is 0.480. The van der Waals surface area contributed by atoms with E-state index in [0.29, 0.717) is 44.2 Å². The Morgan fingerprint density at radius 3 is 2.39 bits per heavy atom. The first-order valence-electron chi connectivity index (χ1n) is 11.6. The van der Waals surface area contributed by atoms with Crippen molar-refractivity contribution in [1.82, 2.24) is 19.0 Å². The second kappa shape index (κ2) is 10.3. The average molecular weight is 471 g/mol. The molecule has 0 N–H and O–H groups in total. The van der Waals surface area contributed by atoms with E-state index in [-0.39, 0.29) is 10.8 Å². The number of carbonyl (C=O) groups excluding carboxylic acids is 1. The van der Waals surface area contributed by atoms with Gasteiger partial charge < -0.3 is 9.80 Å². The Balaban J connectivity index is 1.38. The Morgan fingerprint density at radius 2 is 1.73 bits per heavy atom. The minimum Gasteiger partial charge on any atom is -0.341 e. The van der Waals surface area contributed by atoms with E-state index in [0.717, 1.165) is 26.1 Å². The fourth-order valence-electron chi connectivity index (χ4n) is 4.77. The molecule has 7 nitrogen and oxygen atoms in total. The molecule has 2 aromatic rings. The third kappa shape index (κ3) is 5.81. The molecule has 2 aromatic carbocycles. The molecule has 8 heteroatoms. The minimum atomic E-state index is -3.64. The lowest BCUT2D eigenvalue weighted by Gasteiger charge is -2.34. The summed E-state index contributed by atoms with van der Waals surface area (Å²) >= 11 is 0. The number of sulfonamides is 1. The van der Waals surface area contributed by atoms with Gasteiger partial charge in [-0.25, -0.2) is 8.42 Å². The summed E-state index contributed by atoms with van der Waals surface area (Å²) in [4.78, 5) is 19.4. The van der Waals surface area contributed by atoms with Crippen LogP contribution in [0.25, 0.3) is 0 Å². The van der Waals surface area contributed by atoms with Crippen LogP contribution in [0.5, 0.6) is 0 Å². The lowest BCUT2D eigenvalue weighted by molar-refractivity contribution is 0.0773. The molecule has 0 saturated carbocycles. The SMILES string of the molecule is CN1CCC(CN(C)C(=O)c2cccc(S(=O)(=O)N3CCN(Cc4ccccc4)CC3)c2)C1. The van der Waals surface area contributed by atoms with Gasteiger partial charge in [0.05, 0.1) is 4.90 Å². The number of piperazine rings is 1. The third-order valence-corrected chi connectivity index (χ3v) is 8.56. The molecule has 0 radical (unpaired) electrons. The zero-order valence-electron chi connectivity index (χ0n) is 19.6. The van der Waals surface area contributed by atoms with Crippen molar-refractivity contribution in [3.8, 4) is 0 Å². The van der Waals surface area contributed by atoms with E-state index in [2.05, 4.69) is 29.0 Å². The molecule has 33 heavy (non-hydrogen) atoms. The van der Waals surface area contributed by atoms with E-state index in [4.69, 9.17) is 0 Å². The Morgan fingerprint density at radius 1 is 1.00 bits per heavy atom. The summed E-state index contributed by atoms with van der Waals surface area (Å²) in [5.74, 6) is 0.331. The van der Waals surface area contributed by atoms with Gasteiger partial charge in [0, 0.05) is 58.4 Å². The molecule has 2 heterocycles. The molecule has 1 unspecified atom stereocenters. The third-order valence-electron chi connectivity index (χ3n) is 6.67. The summed E-state index contributed by atoms with van der Waals surface area (Å²) in [7, 11) is 0.254. The molecule has 2 fully saturated rings. The molecule has 0 aromatic heterocycles. The summed E-state index contributed by atoms with van der Waals surface area (Å²) in [6.45, 7) is 5.81. The first-order chi connectivity index (χ1) is 15.8. The molecule has 2 aliphatic rings. The second-order valence-electron chi connectivity index (χ2n) is 9.30. The summed E-state index contributed by atoms with van der Waals surface area (Å²) in [6, 6.07) is 16.7. The van der Waals surface area contributed by atoms with Crippen molar-refractivity contribution >= 4 is 15.9 Å². The van der Waals surface area contributed by atoms with Crippen molar-refractivity contribution in [2.24, 2.45) is 5.92 Å². The quantitative estimate of drug-likeness (QED) is 0.621. The zero-order valence-corrected chi connectivity index (χ0v) is 20.4. The molecule has 0 spiro atoms. The van der Waals surface area contributed by atoms with Crippen molar-refractivity contribution in [2.75, 3.05) is 59.9 Å². The van der Waals surface area contributed by atoms with E-state index < -0.39 is 10.0 Å². The van der Waals surface area contributed by atoms with Crippen LogP contribution in [0.1, 0.15) is 22.3 Å². The summed E-state index contributed by atoms with van der Waals surface area (Å²) in [5, 5.41) is 0. The van der Waals surface area contributed by atoms with E-state index in [1.54, 1.807) is 30.1 Å². The standard InChI is InChI=1S/C25H34N4O3S/c1-26-12-11-22(18-26)19-27(2)25(30)23-9-6-10-24(17-23)33(31,32)29-15-13-28(14-16-29)20-21-7-4-3-5-8-21/h3-10,17,22H,11-16,18-20H2,1-2H3. The van der Waals surface area contributed by atoms with Gasteiger partial charge in [-0.15, -0.1) is 0 Å². The number of rotatable bonds is 7. The van der Waals surface area contributed by atoms with Crippen LogP contribution < -0.4 is 0 Å². The molecule has 2 aliphatic heterocycles. The lowest BCUT2D eigenvalue weighted by Crippen LogP contribution is -2.48. The highest BCUT2D eigenvalue weighted by atomic mass is 32.2. The van der Waals surface area contributed by atoms with Gasteiger partial charge in [-0.05, 0) is 49.7 Å². The zero-order chi connectivity index (χ0) is 23.4. The van der Waals surface area contributed by atoms with Crippen LogP contribution in [0.15, 0.2) is 59.5 Å². The fourth-order valence-corrected chi connectivity index (χ4v) is 6.24. The van der Waals surface area contributed by atoms with Gasteiger partial charge in [-0.1, -0.05) is 36.4 Å². The van der Waals surface area contributed by atoms with Crippen LogP contribution in [0.4, 0.5) is 0 Å². The van der Waals surface area contributed by atoms with Gasteiger partial charge in [0.25, 0.3) is 5.91 Å². The molecule has 2 saturated heterocycles. The number of hydrogen-bond acceptors (Lipinski definition) is 5. The van der Waals surface area contributed by atoms with E-state index in [9.17, 15) is 13.2 Å². The van der Waals surface area contributed by atoms with Gasteiger partial charge in [0.2, 0.25) is 10.0 Å². The number of likely N-dealkylation sites (tertiary alicyclic amines) is 1. The molecule has 4 rings (SSSR count). The van der Waals surface area contributed by atoms with Crippen molar-refractivity contribution in [3.05, 3.63) is 65.7 Å². The lowest BCUT2D eigenvalue weighted by atomic mass is 10.1. The maximum Gasteiger partial charge on any atom is 0.253 e. The number of benzene rings is 2. The van der Waals surface area contributed by atoms with Crippen molar-refractivity contribution < 1.29 is 13.2 Å². The highest BCUT2D eigenvalue weighted by molar-refractivity contribution is 7.89. The normalized spacial score (nSPS) is 20.7. The van der Waals surface area contributed by atoms with Gasteiger partial charge >= 0.3 is 0 Å². The largest absolute Gasteiger partial charge is 0.341 e. The number of amides is 1. The molecule has 1 amide bonds. The first-order valence-corrected chi connectivity index (χ1v) is 13.1. The number of carbonyl (C=O) groups is 1. The van der Waals surface area contributed by atoms with E-state index in [1.165, 1.54) is 15.9 Å². The Labute approximate surface area is 197 Å². The van der Waals surface area contributed by atoms with E-state index in [1.807, 2.05) is 18.2 Å². The topological polar surface area (TPSA) is 64.2 Å². The predicted octanol–water partition coefficient (Wildman–Crippen LogP) is 2.22. The highest BCUT2D eigenvalue weighted by Crippen LogP contribution is 2.21. The van der Waals surface area contributed by atoms with Crippen LogP contribution in [0.2, 0.25) is 0 Å². The number of nitrogens with zero attached hydrogens (tertiary/aromatic N) is 4. The molecule has 0 bridgehead atoms. The van der Waals surface area contributed by atoms with Gasteiger partial charge in [0.1, 0.15) is 0 Å². The van der Waals surface area contributed by atoms with Crippen LogP contribution in [-0.2, 0) is 16.6 Å². The van der Waals surface area contributed by atoms with Crippen LogP contribution >= 0.6 is 0 Å². The van der Waals surface area contributed by atoms with Crippen LogP contribution in [0, 0.1) is 5.92 Å². The Bertz CT molecular complexity index is 1050. The Hall–Kier alpha value is -2.26. The summed E-state index contributed by atoms with van der Waals surface area (Å²) < 4.78 is 28.1. The van der Waals surface area contributed by atoms with Crippen molar-refractivity contribution in [3.63, 3.8) is 0 Å². The molecular formula is C25H34N4O3S. The highest BCUT2D eigenvalue weighted by Gasteiger charge is 2.29. The van der Waals surface area contributed by atoms with Crippen molar-refractivity contribution in [2.45, 2.75) is 17.9 Å². The molecular weight excluding hydrogens is 436 g/mol. The summed E-state index contributed by atoms with van der Waals surface area (Å²) in [5.41, 5.74) is 1.65. The average Bonchev–Trinajstić information content (AvgIpc) is 3.24. The van der Waals surface area contributed by atoms with Crippen molar-refractivity contribution in [1.29, 1.82) is 0 Å². The maximum absolute atomic E-state index is 13.3. The molecule has 0 aliphatic carbocycles. The first kappa shape index (κ1) is 23.9. The van der Waals surface area contributed by atoms with Crippen LogP contribution in [-0.4, -0.2) is 93.2 Å². The maximum atomic E-state index is 13.3. The van der Waals surface area contributed by atoms with Gasteiger partial charge in [0.15, 0.2) is 0 Å². The Kier molecular flexibility index (Phi) is 7.48. The predicted molar refractivity (Wildman–Crippen MR) is 129 cm³/mol. The second-order valence-corrected chi connectivity index (χ2v) is 11.2. The smallest absolute Gasteiger partial charge is 0.253 e. The minimum absolute atomic E-state index is 0.130. The molecule has 178 valence electrons. The summed E-state index contributed by atoms with van der Waals surface area (Å²) in [6.07, 6.45) is 1.08. The van der Waals surface area contributed by atoms with Gasteiger partial charge in [-0.3, -0.25) is 9.69 Å². The van der Waals surface area contributed by atoms with E-state index >= 15 is 0 Å². The van der Waals surface area contributed by atoms with Crippen LogP contribution in [0.3, 0.4) is 0 Å². The van der Waals surface area contributed by atoms with Gasteiger partial charge in [-0.2, -0.15) is 4.31 Å². The monoisotopic (exact) mass is 470 g/mol.